The summed E-state index contributed by atoms with van der Waals surface area (Å²) in [6, 6.07) is 13.5. The fourth-order valence-corrected chi connectivity index (χ4v) is 4.61. The van der Waals surface area contributed by atoms with Crippen molar-refractivity contribution in [2.24, 2.45) is 0 Å². The summed E-state index contributed by atoms with van der Waals surface area (Å²) in [7, 11) is 2.24. The fraction of sp³-hybridized carbons (Fsp3) is 0.263. The molecule has 110 valence electrons. The van der Waals surface area contributed by atoms with E-state index in [0.717, 1.165) is 18.0 Å². The van der Waals surface area contributed by atoms with E-state index < -0.39 is 0 Å². The highest BCUT2D eigenvalue weighted by Crippen LogP contribution is 2.46. The molecule has 2 heterocycles. The van der Waals surface area contributed by atoms with E-state index >= 15 is 0 Å². The largest absolute Gasteiger partial charge is 0.361 e. The number of aromatic amines is 1. The first-order valence-electron chi connectivity index (χ1n) is 7.80. The van der Waals surface area contributed by atoms with Crippen molar-refractivity contribution in [3.8, 4) is 0 Å². The van der Waals surface area contributed by atoms with Crippen LogP contribution in [-0.4, -0.2) is 23.0 Å². The molecule has 1 aliphatic carbocycles. The van der Waals surface area contributed by atoms with E-state index in [1.807, 2.05) is 6.07 Å². The Bertz CT molecular complexity index is 896. The molecule has 1 aromatic heterocycles. The molecule has 0 unspecified atom stereocenters. The van der Waals surface area contributed by atoms with Crippen molar-refractivity contribution in [3.05, 3.63) is 69.9 Å². The van der Waals surface area contributed by atoms with E-state index in [0.29, 0.717) is 12.0 Å². The number of likely N-dealkylation sites (N-methyl/N-ethyl adjacent to an activating group) is 1. The molecule has 1 aliphatic heterocycles. The molecule has 2 aliphatic rings. The average molecular weight is 309 g/mol. The van der Waals surface area contributed by atoms with Gasteiger partial charge in [-0.1, -0.05) is 29.8 Å². The second-order valence-corrected chi connectivity index (χ2v) is 7.03. The van der Waals surface area contributed by atoms with E-state index in [2.05, 4.69) is 53.5 Å². The normalized spacial score (nSPS) is 23.4. The quantitative estimate of drug-likeness (QED) is 0.655. The van der Waals surface area contributed by atoms with Crippen molar-refractivity contribution in [1.29, 1.82) is 0 Å². The zero-order valence-electron chi connectivity index (χ0n) is 12.4. The van der Waals surface area contributed by atoms with Crippen LogP contribution in [0.15, 0.2) is 42.6 Å². The Morgan fingerprint density at radius 3 is 2.95 bits per heavy atom. The highest BCUT2D eigenvalue weighted by molar-refractivity contribution is 6.30. The Morgan fingerprint density at radius 1 is 1.14 bits per heavy atom. The summed E-state index contributed by atoms with van der Waals surface area (Å²) in [5.41, 5.74) is 6.96. The van der Waals surface area contributed by atoms with Gasteiger partial charge in [0.25, 0.3) is 0 Å². The van der Waals surface area contributed by atoms with Gasteiger partial charge in [-0.3, -0.25) is 4.90 Å². The summed E-state index contributed by atoms with van der Waals surface area (Å²) in [6.07, 6.45) is 3.29. The summed E-state index contributed by atoms with van der Waals surface area (Å²) < 4.78 is 0. The number of nitrogens with one attached hydrogen (secondary N) is 1. The van der Waals surface area contributed by atoms with Gasteiger partial charge in [0, 0.05) is 40.6 Å². The van der Waals surface area contributed by atoms with Crippen LogP contribution in [0.3, 0.4) is 0 Å². The maximum absolute atomic E-state index is 6.31. The molecular weight excluding hydrogens is 292 g/mol. The molecule has 0 radical (unpaired) electrons. The van der Waals surface area contributed by atoms with Crippen LogP contribution in [0.5, 0.6) is 0 Å². The van der Waals surface area contributed by atoms with Crippen molar-refractivity contribution < 1.29 is 0 Å². The molecule has 3 aromatic rings. The van der Waals surface area contributed by atoms with Gasteiger partial charge in [0.05, 0.1) is 0 Å². The monoisotopic (exact) mass is 308 g/mol. The van der Waals surface area contributed by atoms with E-state index in [1.165, 1.54) is 33.2 Å². The number of H-pyrrole nitrogens is 1. The van der Waals surface area contributed by atoms with E-state index in [4.69, 9.17) is 11.6 Å². The Hall–Kier alpha value is -1.77. The second-order valence-electron chi connectivity index (χ2n) is 6.59. The maximum Gasteiger partial charge on any atom is 0.0459 e. The predicted octanol–water partition coefficient (Wildman–Crippen LogP) is 4.32. The number of hydrogen-bond acceptors (Lipinski definition) is 1. The molecule has 0 spiro atoms. The number of hydrogen-bond donors (Lipinski definition) is 1. The van der Waals surface area contributed by atoms with Crippen molar-refractivity contribution in [1.82, 2.24) is 9.88 Å². The minimum absolute atomic E-state index is 0.416. The van der Waals surface area contributed by atoms with Gasteiger partial charge >= 0.3 is 0 Å². The Balaban J connectivity index is 1.83. The van der Waals surface area contributed by atoms with Crippen LogP contribution in [0.1, 0.15) is 28.2 Å². The molecule has 0 saturated carbocycles. The van der Waals surface area contributed by atoms with Gasteiger partial charge in [0.15, 0.2) is 0 Å². The van der Waals surface area contributed by atoms with Gasteiger partial charge in [0.2, 0.25) is 0 Å². The lowest BCUT2D eigenvalue weighted by Crippen LogP contribution is -2.44. The molecule has 2 nitrogen and oxygen atoms in total. The molecule has 2 atom stereocenters. The Kier molecular flexibility index (Phi) is 2.53. The van der Waals surface area contributed by atoms with Crippen LogP contribution < -0.4 is 0 Å². The van der Waals surface area contributed by atoms with Crippen LogP contribution in [0, 0.1) is 0 Å². The third-order valence-corrected chi connectivity index (χ3v) is 5.63. The molecule has 3 heteroatoms. The van der Waals surface area contributed by atoms with Crippen LogP contribution in [0.4, 0.5) is 0 Å². The van der Waals surface area contributed by atoms with Crippen molar-refractivity contribution in [2.75, 3.05) is 7.05 Å². The molecule has 0 amide bonds. The van der Waals surface area contributed by atoms with E-state index in [9.17, 15) is 0 Å². The van der Waals surface area contributed by atoms with Gasteiger partial charge < -0.3 is 4.98 Å². The minimum Gasteiger partial charge on any atom is -0.361 e. The number of nitrogens with zero attached hydrogens (tertiary/aromatic N) is 1. The zero-order chi connectivity index (χ0) is 14.8. The Labute approximate surface area is 134 Å². The molecule has 2 aromatic carbocycles. The fourth-order valence-electron chi connectivity index (χ4n) is 4.43. The van der Waals surface area contributed by atoms with Crippen LogP contribution in [0.2, 0.25) is 5.02 Å². The van der Waals surface area contributed by atoms with Crippen LogP contribution in [-0.2, 0) is 13.0 Å². The molecule has 0 bridgehead atoms. The molecule has 1 N–H and O–H groups in total. The highest BCUT2D eigenvalue weighted by Gasteiger charge is 2.38. The molecular formula is C19H17ClN2. The number of benzene rings is 2. The zero-order valence-corrected chi connectivity index (χ0v) is 13.2. The standard InChI is InChI=1S/C19H17ClN2/c1-22-10-11-5-6-13(20)8-15(11)19-14-3-2-4-16-18(14)12(9-21-16)7-17(19)22/h2-6,8-9,17,19,21H,7,10H2,1H3/t17-,19+/m1/s1. The molecule has 0 fully saturated rings. The molecule has 5 rings (SSSR count). The van der Waals surface area contributed by atoms with Crippen LogP contribution >= 0.6 is 11.6 Å². The van der Waals surface area contributed by atoms with E-state index in [1.54, 1.807) is 0 Å². The number of halogens is 1. The maximum atomic E-state index is 6.31. The summed E-state index contributed by atoms with van der Waals surface area (Å²) in [5.74, 6) is 0.416. The van der Waals surface area contributed by atoms with Gasteiger partial charge in [-0.2, -0.15) is 0 Å². The predicted molar refractivity (Wildman–Crippen MR) is 90.6 cm³/mol. The number of rotatable bonds is 0. The van der Waals surface area contributed by atoms with E-state index in [-0.39, 0.29) is 0 Å². The number of aromatic nitrogens is 1. The first kappa shape index (κ1) is 12.7. The smallest absolute Gasteiger partial charge is 0.0459 e. The topological polar surface area (TPSA) is 19.0 Å². The third kappa shape index (κ3) is 1.60. The van der Waals surface area contributed by atoms with Crippen molar-refractivity contribution in [2.45, 2.75) is 24.9 Å². The molecule has 0 saturated heterocycles. The summed E-state index contributed by atoms with van der Waals surface area (Å²) in [5, 5.41) is 2.26. The van der Waals surface area contributed by atoms with Crippen LogP contribution in [0.25, 0.3) is 10.9 Å². The van der Waals surface area contributed by atoms with Crippen molar-refractivity contribution in [3.63, 3.8) is 0 Å². The number of fused-ring (bicyclic) bond motifs is 4. The highest BCUT2D eigenvalue weighted by atomic mass is 35.5. The van der Waals surface area contributed by atoms with Gasteiger partial charge in [-0.05, 0) is 53.9 Å². The molecule has 22 heavy (non-hydrogen) atoms. The summed E-state index contributed by atoms with van der Waals surface area (Å²) >= 11 is 6.31. The van der Waals surface area contributed by atoms with Gasteiger partial charge in [0.1, 0.15) is 0 Å². The van der Waals surface area contributed by atoms with Crippen molar-refractivity contribution >= 4 is 22.5 Å². The second kappa shape index (κ2) is 4.37. The first-order chi connectivity index (χ1) is 10.7. The SMILES string of the molecule is CN1Cc2ccc(Cl)cc2[C@@H]2c3cccc4[nH]cc(c34)C[C@H]21. The third-order valence-electron chi connectivity index (χ3n) is 5.40. The summed E-state index contributed by atoms with van der Waals surface area (Å²) in [6.45, 7) is 1.00. The lowest BCUT2D eigenvalue weighted by atomic mass is 9.72. The summed E-state index contributed by atoms with van der Waals surface area (Å²) in [4.78, 5) is 5.93. The van der Waals surface area contributed by atoms with Gasteiger partial charge in [-0.15, -0.1) is 0 Å². The minimum atomic E-state index is 0.416. The first-order valence-corrected chi connectivity index (χ1v) is 8.17. The average Bonchev–Trinajstić information content (AvgIpc) is 2.93. The Morgan fingerprint density at radius 2 is 2.05 bits per heavy atom. The lowest BCUT2D eigenvalue weighted by molar-refractivity contribution is 0.193. The lowest BCUT2D eigenvalue weighted by Gasteiger charge is -2.43. The van der Waals surface area contributed by atoms with Gasteiger partial charge in [-0.25, -0.2) is 0 Å².